The summed E-state index contributed by atoms with van der Waals surface area (Å²) in [6, 6.07) is 14.9. The Morgan fingerprint density at radius 3 is 2.67 bits per heavy atom. The highest BCUT2D eigenvalue weighted by Gasteiger charge is 2.10. The minimum Gasteiger partial charge on any atom is -0.490 e. The van der Waals surface area contributed by atoms with Crippen LogP contribution in [0.15, 0.2) is 53.0 Å². The van der Waals surface area contributed by atoms with Gasteiger partial charge in [0, 0.05) is 18.7 Å². The van der Waals surface area contributed by atoms with E-state index in [1.165, 1.54) is 0 Å². The smallest absolute Gasteiger partial charge is 0.220 e. The van der Waals surface area contributed by atoms with E-state index in [1.807, 2.05) is 42.5 Å². The Bertz CT molecular complexity index is 679. The van der Waals surface area contributed by atoms with Crippen molar-refractivity contribution >= 4 is 27.5 Å². The van der Waals surface area contributed by atoms with Crippen molar-refractivity contribution in [1.29, 1.82) is 0 Å². The fourth-order valence-corrected chi connectivity index (χ4v) is 2.54. The minimum absolute atomic E-state index is 0.106. The summed E-state index contributed by atoms with van der Waals surface area (Å²) in [4.78, 5) is 11.8. The van der Waals surface area contributed by atoms with Crippen LogP contribution in [0, 0.1) is 0 Å². The molecule has 0 aliphatic rings. The van der Waals surface area contributed by atoms with Gasteiger partial charge in [-0.2, -0.15) is 0 Å². The molecule has 0 saturated heterocycles. The average Bonchev–Trinajstić information content (AvgIpc) is 2.58. The van der Waals surface area contributed by atoms with E-state index in [0.29, 0.717) is 24.3 Å². The molecule has 1 unspecified atom stereocenters. The van der Waals surface area contributed by atoms with Crippen LogP contribution in [-0.4, -0.2) is 30.3 Å². The number of nitrogens with one attached hydrogen (secondary N) is 1. The maximum atomic E-state index is 11.8. The predicted octanol–water partition coefficient (Wildman–Crippen LogP) is 2.52. The number of nitrogens with two attached hydrogens (primary N) is 1. The number of benzene rings is 2. The molecule has 2 aromatic carbocycles. The fourth-order valence-electron chi connectivity index (χ4n) is 2.14. The number of amides is 1. The second kappa shape index (κ2) is 9.30. The van der Waals surface area contributed by atoms with Gasteiger partial charge in [-0.1, -0.05) is 30.3 Å². The van der Waals surface area contributed by atoms with E-state index < -0.39 is 6.10 Å². The second-order valence-corrected chi connectivity index (χ2v) is 6.25. The van der Waals surface area contributed by atoms with Gasteiger partial charge in [-0.05, 0) is 46.1 Å². The highest BCUT2D eigenvalue weighted by molar-refractivity contribution is 9.10. The van der Waals surface area contributed by atoms with Crippen molar-refractivity contribution in [3.8, 4) is 5.75 Å². The van der Waals surface area contributed by atoms with E-state index in [-0.39, 0.29) is 19.1 Å². The number of carbonyl (C=O) groups is 1. The van der Waals surface area contributed by atoms with Crippen LogP contribution in [0.5, 0.6) is 5.75 Å². The Balaban J connectivity index is 1.68. The summed E-state index contributed by atoms with van der Waals surface area (Å²) in [5, 5.41) is 12.6. The summed E-state index contributed by atoms with van der Waals surface area (Å²) in [6.07, 6.45) is 0.122. The van der Waals surface area contributed by atoms with Crippen molar-refractivity contribution in [2.45, 2.75) is 18.9 Å². The predicted molar refractivity (Wildman–Crippen MR) is 97.8 cm³/mol. The summed E-state index contributed by atoms with van der Waals surface area (Å²) in [7, 11) is 0. The monoisotopic (exact) mass is 392 g/mol. The molecule has 0 aliphatic carbocycles. The summed E-state index contributed by atoms with van der Waals surface area (Å²) in [5.74, 6) is 0.528. The lowest BCUT2D eigenvalue weighted by Gasteiger charge is -2.14. The van der Waals surface area contributed by atoms with Gasteiger partial charge in [0.1, 0.15) is 18.5 Å². The lowest BCUT2D eigenvalue weighted by atomic mass is 10.1. The van der Waals surface area contributed by atoms with Crippen LogP contribution in [0.4, 0.5) is 5.69 Å². The molecule has 0 aliphatic heterocycles. The van der Waals surface area contributed by atoms with Crippen molar-refractivity contribution in [1.82, 2.24) is 5.32 Å². The molecule has 0 bridgehead atoms. The lowest BCUT2D eigenvalue weighted by Crippen LogP contribution is -2.35. The molecule has 0 aromatic heterocycles. The quantitative estimate of drug-likeness (QED) is 0.602. The Kier molecular flexibility index (Phi) is 7.08. The Labute approximate surface area is 150 Å². The molecule has 2 aromatic rings. The van der Waals surface area contributed by atoms with E-state index in [9.17, 15) is 9.90 Å². The zero-order valence-corrected chi connectivity index (χ0v) is 14.8. The lowest BCUT2D eigenvalue weighted by molar-refractivity contribution is -0.121. The third-order valence-electron chi connectivity index (χ3n) is 3.48. The van der Waals surface area contributed by atoms with E-state index in [0.717, 1.165) is 10.0 Å². The molecule has 6 heteroatoms. The first-order chi connectivity index (χ1) is 11.6. The number of aliphatic hydroxyl groups excluding tert-OH is 1. The maximum absolute atomic E-state index is 11.8. The largest absolute Gasteiger partial charge is 0.490 e. The van der Waals surface area contributed by atoms with Crippen LogP contribution in [0.1, 0.15) is 12.0 Å². The maximum Gasteiger partial charge on any atom is 0.220 e. The number of halogens is 1. The van der Waals surface area contributed by atoms with E-state index in [4.69, 9.17) is 10.5 Å². The fraction of sp³-hybridized carbons (Fsp3) is 0.278. The summed E-state index contributed by atoms with van der Waals surface area (Å²) >= 11 is 3.37. The van der Waals surface area contributed by atoms with Gasteiger partial charge in [-0.15, -0.1) is 0 Å². The topological polar surface area (TPSA) is 84.6 Å². The molecule has 128 valence electrons. The van der Waals surface area contributed by atoms with Crippen molar-refractivity contribution in [2.24, 2.45) is 0 Å². The van der Waals surface area contributed by atoms with Crippen molar-refractivity contribution in [2.75, 3.05) is 18.9 Å². The zero-order chi connectivity index (χ0) is 17.4. The molecule has 24 heavy (non-hydrogen) atoms. The van der Waals surface area contributed by atoms with Gasteiger partial charge >= 0.3 is 0 Å². The van der Waals surface area contributed by atoms with Crippen LogP contribution in [0.25, 0.3) is 0 Å². The molecule has 0 heterocycles. The van der Waals surface area contributed by atoms with Gasteiger partial charge in [0.05, 0.1) is 4.47 Å². The zero-order valence-electron chi connectivity index (χ0n) is 13.2. The number of carbonyl (C=O) groups excluding carboxylic acids is 1. The van der Waals surface area contributed by atoms with Gasteiger partial charge in [0.2, 0.25) is 5.91 Å². The Morgan fingerprint density at radius 1 is 1.21 bits per heavy atom. The molecule has 5 nitrogen and oxygen atoms in total. The van der Waals surface area contributed by atoms with Crippen LogP contribution < -0.4 is 15.8 Å². The molecule has 0 spiro atoms. The standard InChI is InChI=1S/C18H21BrN2O3/c19-15-6-2-4-8-17(15)24-12-14(22)11-21-18(23)10-9-13-5-1-3-7-16(13)20/h1-8,14,22H,9-12,20H2,(H,21,23). The van der Waals surface area contributed by atoms with Crippen molar-refractivity contribution in [3.63, 3.8) is 0 Å². The molecule has 0 fully saturated rings. The molecule has 2 rings (SSSR count). The van der Waals surface area contributed by atoms with Crippen molar-refractivity contribution < 1.29 is 14.6 Å². The van der Waals surface area contributed by atoms with E-state index in [2.05, 4.69) is 21.2 Å². The number of para-hydroxylation sites is 2. The first kappa shape index (κ1) is 18.3. The normalized spacial score (nSPS) is 11.8. The second-order valence-electron chi connectivity index (χ2n) is 5.40. The first-order valence-electron chi connectivity index (χ1n) is 7.71. The summed E-state index contributed by atoms with van der Waals surface area (Å²) in [6.45, 7) is 0.252. The number of hydrogen-bond acceptors (Lipinski definition) is 4. The number of anilines is 1. The number of nitrogen functional groups attached to an aromatic ring is 1. The van der Waals surface area contributed by atoms with E-state index >= 15 is 0 Å². The third-order valence-corrected chi connectivity index (χ3v) is 4.13. The van der Waals surface area contributed by atoms with Crippen LogP contribution in [-0.2, 0) is 11.2 Å². The Morgan fingerprint density at radius 2 is 1.92 bits per heavy atom. The highest BCUT2D eigenvalue weighted by Crippen LogP contribution is 2.23. The first-order valence-corrected chi connectivity index (χ1v) is 8.51. The van der Waals surface area contributed by atoms with Crippen LogP contribution >= 0.6 is 15.9 Å². The van der Waals surface area contributed by atoms with Gasteiger partial charge in [-0.3, -0.25) is 4.79 Å². The summed E-state index contributed by atoms with van der Waals surface area (Å²) < 4.78 is 6.33. The van der Waals surface area contributed by atoms with Crippen LogP contribution in [0.3, 0.4) is 0 Å². The number of ether oxygens (including phenoxy) is 1. The number of hydrogen-bond donors (Lipinski definition) is 3. The Hall–Kier alpha value is -2.05. The molecule has 1 amide bonds. The molecule has 1 atom stereocenters. The molecule has 0 saturated carbocycles. The highest BCUT2D eigenvalue weighted by atomic mass is 79.9. The van der Waals surface area contributed by atoms with Crippen LogP contribution in [0.2, 0.25) is 0 Å². The molecule has 0 radical (unpaired) electrons. The average molecular weight is 393 g/mol. The van der Waals surface area contributed by atoms with Gasteiger partial charge in [0.15, 0.2) is 0 Å². The van der Waals surface area contributed by atoms with Gasteiger partial charge in [-0.25, -0.2) is 0 Å². The van der Waals surface area contributed by atoms with Gasteiger partial charge < -0.3 is 20.9 Å². The SMILES string of the molecule is Nc1ccccc1CCC(=O)NCC(O)COc1ccccc1Br. The number of rotatable bonds is 8. The van der Waals surface area contributed by atoms with Crippen molar-refractivity contribution in [3.05, 3.63) is 58.6 Å². The summed E-state index contributed by atoms with van der Waals surface area (Å²) in [5.41, 5.74) is 7.48. The number of aliphatic hydroxyl groups is 1. The molecular formula is C18H21BrN2O3. The number of aryl methyl sites for hydroxylation is 1. The minimum atomic E-state index is -0.775. The van der Waals surface area contributed by atoms with E-state index in [1.54, 1.807) is 6.07 Å². The molecule has 4 N–H and O–H groups in total. The molecular weight excluding hydrogens is 372 g/mol. The third kappa shape index (κ3) is 5.86. The van der Waals surface area contributed by atoms with Gasteiger partial charge in [0.25, 0.3) is 0 Å².